The third-order valence-electron chi connectivity index (χ3n) is 3.63. The first-order valence-corrected chi connectivity index (χ1v) is 5.69. The van der Waals surface area contributed by atoms with E-state index in [1.165, 1.54) is 5.57 Å². The summed E-state index contributed by atoms with van der Waals surface area (Å²) in [5.41, 5.74) is 1.24. The lowest BCUT2D eigenvalue weighted by Crippen LogP contribution is -2.31. The molecule has 80 valence electrons. The number of ketones is 1. The van der Waals surface area contributed by atoms with Crippen LogP contribution in [0.25, 0.3) is 0 Å². The van der Waals surface area contributed by atoms with Crippen LogP contribution in [0.15, 0.2) is 12.2 Å². The second-order valence-electron chi connectivity index (χ2n) is 4.93. The van der Waals surface area contributed by atoms with E-state index in [-0.39, 0.29) is 5.92 Å². The summed E-state index contributed by atoms with van der Waals surface area (Å²) in [5.74, 6) is 2.04. The SMILES string of the molecule is C=C(C)CC[C@H]1[C@H](C)C(=O)CC[C@@H]1C. The molecule has 0 aromatic heterocycles. The minimum Gasteiger partial charge on any atom is -0.299 e. The average molecular weight is 194 g/mol. The Morgan fingerprint density at radius 1 is 1.50 bits per heavy atom. The monoisotopic (exact) mass is 194 g/mol. The van der Waals surface area contributed by atoms with Gasteiger partial charge in [-0.15, -0.1) is 6.58 Å². The second kappa shape index (κ2) is 4.77. The summed E-state index contributed by atoms with van der Waals surface area (Å²) in [5, 5.41) is 0. The number of hydrogen-bond acceptors (Lipinski definition) is 1. The predicted octanol–water partition coefficient (Wildman–Crippen LogP) is 3.59. The highest BCUT2D eigenvalue weighted by Crippen LogP contribution is 2.35. The van der Waals surface area contributed by atoms with Gasteiger partial charge in [0.25, 0.3) is 0 Å². The summed E-state index contributed by atoms with van der Waals surface area (Å²) in [6, 6.07) is 0. The molecule has 0 radical (unpaired) electrons. The van der Waals surface area contributed by atoms with Gasteiger partial charge in [0, 0.05) is 12.3 Å². The van der Waals surface area contributed by atoms with E-state index >= 15 is 0 Å². The summed E-state index contributed by atoms with van der Waals surface area (Å²) in [6.07, 6.45) is 4.10. The van der Waals surface area contributed by atoms with Crippen LogP contribution >= 0.6 is 0 Å². The van der Waals surface area contributed by atoms with Gasteiger partial charge in [0.05, 0.1) is 0 Å². The minimum atomic E-state index is 0.276. The van der Waals surface area contributed by atoms with Crippen LogP contribution in [-0.2, 0) is 4.79 Å². The second-order valence-corrected chi connectivity index (χ2v) is 4.93. The van der Waals surface area contributed by atoms with Gasteiger partial charge in [0.2, 0.25) is 0 Å². The standard InChI is InChI=1S/C13H22O/c1-9(2)5-7-12-10(3)6-8-13(14)11(12)4/h10-12H,1,5-8H2,2-4H3/t10-,11-,12+/m0/s1. The molecule has 1 aliphatic carbocycles. The molecule has 0 aromatic carbocycles. The number of carbonyl (C=O) groups is 1. The molecular weight excluding hydrogens is 172 g/mol. The van der Waals surface area contributed by atoms with Crippen molar-refractivity contribution in [1.29, 1.82) is 0 Å². The van der Waals surface area contributed by atoms with Crippen molar-refractivity contribution in [2.24, 2.45) is 17.8 Å². The molecule has 0 N–H and O–H groups in total. The molecule has 1 heteroatoms. The van der Waals surface area contributed by atoms with Gasteiger partial charge in [-0.25, -0.2) is 0 Å². The summed E-state index contributed by atoms with van der Waals surface area (Å²) in [6.45, 7) is 10.4. The molecule has 14 heavy (non-hydrogen) atoms. The van der Waals surface area contributed by atoms with Gasteiger partial charge in [-0.2, -0.15) is 0 Å². The maximum absolute atomic E-state index is 11.6. The molecule has 3 atom stereocenters. The van der Waals surface area contributed by atoms with Crippen molar-refractivity contribution >= 4 is 5.78 Å². The smallest absolute Gasteiger partial charge is 0.135 e. The molecule has 1 rings (SSSR count). The molecule has 0 saturated heterocycles. The van der Waals surface area contributed by atoms with Crippen LogP contribution in [0.3, 0.4) is 0 Å². The van der Waals surface area contributed by atoms with Crippen LogP contribution in [0.2, 0.25) is 0 Å². The van der Waals surface area contributed by atoms with E-state index < -0.39 is 0 Å². The summed E-state index contributed by atoms with van der Waals surface area (Å²) >= 11 is 0. The van der Waals surface area contributed by atoms with Crippen molar-refractivity contribution in [2.75, 3.05) is 0 Å². The molecule has 0 amide bonds. The maximum Gasteiger partial charge on any atom is 0.135 e. The largest absolute Gasteiger partial charge is 0.299 e. The van der Waals surface area contributed by atoms with E-state index in [9.17, 15) is 4.79 Å². The first-order valence-electron chi connectivity index (χ1n) is 5.69. The zero-order chi connectivity index (χ0) is 10.7. The predicted molar refractivity (Wildman–Crippen MR) is 60.1 cm³/mol. The third kappa shape index (κ3) is 2.70. The first-order chi connectivity index (χ1) is 6.52. The lowest BCUT2D eigenvalue weighted by Gasteiger charge is -2.33. The zero-order valence-electron chi connectivity index (χ0n) is 9.68. The van der Waals surface area contributed by atoms with Crippen molar-refractivity contribution in [1.82, 2.24) is 0 Å². The fourth-order valence-corrected chi connectivity index (χ4v) is 2.49. The van der Waals surface area contributed by atoms with Gasteiger partial charge in [0.15, 0.2) is 0 Å². The van der Waals surface area contributed by atoms with Crippen LogP contribution < -0.4 is 0 Å². The van der Waals surface area contributed by atoms with Gasteiger partial charge in [-0.1, -0.05) is 19.4 Å². The Balaban J connectivity index is 2.54. The quantitative estimate of drug-likeness (QED) is 0.627. The molecule has 0 unspecified atom stereocenters. The molecule has 0 heterocycles. The van der Waals surface area contributed by atoms with E-state index in [0.717, 1.165) is 25.7 Å². The van der Waals surface area contributed by atoms with Crippen LogP contribution in [0.5, 0.6) is 0 Å². The number of rotatable bonds is 3. The highest BCUT2D eigenvalue weighted by Gasteiger charge is 2.32. The Hall–Kier alpha value is -0.590. The zero-order valence-corrected chi connectivity index (χ0v) is 9.68. The summed E-state index contributed by atoms with van der Waals surface area (Å²) in [7, 11) is 0. The lowest BCUT2D eigenvalue weighted by molar-refractivity contribution is -0.127. The Kier molecular flexibility index (Phi) is 3.91. The van der Waals surface area contributed by atoms with E-state index in [2.05, 4.69) is 27.4 Å². The van der Waals surface area contributed by atoms with E-state index in [0.29, 0.717) is 17.6 Å². The Labute approximate surface area is 87.6 Å². The summed E-state index contributed by atoms with van der Waals surface area (Å²) < 4.78 is 0. The number of allylic oxidation sites excluding steroid dienone is 1. The first kappa shape index (κ1) is 11.5. The van der Waals surface area contributed by atoms with Gasteiger partial charge in [-0.05, 0) is 38.0 Å². The number of hydrogen-bond donors (Lipinski definition) is 0. The Bertz CT molecular complexity index is 229. The maximum atomic E-state index is 11.6. The molecule has 0 aliphatic heterocycles. The average Bonchev–Trinajstić information content (AvgIpc) is 2.11. The van der Waals surface area contributed by atoms with Crippen molar-refractivity contribution < 1.29 is 4.79 Å². The molecule has 1 fully saturated rings. The molecular formula is C13H22O. The molecule has 0 bridgehead atoms. The van der Waals surface area contributed by atoms with Crippen molar-refractivity contribution in [3.63, 3.8) is 0 Å². The topological polar surface area (TPSA) is 17.1 Å². The van der Waals surface area contributed by atoms with E-state index in [1.807, 2.05) is 0 Å². The van der Waals surface area contributed by atoms with E-state index in [1.54, 1.807) is 0 Å². The molecule has 1 nitrogen and oxygen atoms in total. The van der Waals surface area contributed by atoms with Crippen LogP contribution in [-0.4, -0.2) is 5.78 Å². The Morgan fingerprint density at radius 3 is 2.71 bits per heavy atom. The highest BCUT2D eigenvalue weighted by molar-refractivity contribution is 5.81. The van der Waals surface area contributed by atoms with Gasteiger partial charge in [0.1, 0.15) is 5.78 Å². The van der Waals surface area contributed by atoms with Crippen LogP contribution in [0.1, 0.15) is 46.5 Å². The number of Topliss-reactive ketones (excluding diaryl/α,β-unsaturated/α-hetero) is 1. The van der Waals surface area contributed by atoms with Gasteiger partial charge >= 0.3 is 0 Å². The van der Waals surface area contributed by atoms with Gasteiger partial charge < -0.3 is 0 Å². The fourth-order valence-electron chi connectivity index (χ4n) is 2.49. The van der Waals surface area contributed by atoms with Crippen molar-refractivity contribution in [2.45, 2.75) is 46.5 Å². The number of carbonyl (C=O) groups excluding carboxylic acids is 1. The van der Waals surface area contributed by atoms with Crippen molar-refractivity contribution in [3.05, 3.63) is 12.2 Å². The molecule has 1 saturated carbocycles. The fraction of sp³-hybridized carbons (Fsp3) is 0.769. The molecule has 0 aromatic rings. The highest BCUT2D eigenvalue weighted by atomic mass is 16.1. The third-order valence-corrected chi connectivity index (χ3v) is 3.63. The molecule has 0 spiro atoms. The lowest BCUT2D eigenvalue weighted by atomic mass is 9.71. The molecule has 1 aliphatic rings. The minimum absolute atomic E-state index is 0.276. The van der Waals surface area contributed by atoms with Crippen LogP contribution in [0, 0.1) is 17.8 Å². The Morgan fingerprint density at radius 2 is 2.14 bits per heavy atom. The van der Waals surface area contributed by atoms with Gasteiger partial charge in [-0.3, -0.25) is 4.79 Å². The van der Waals surface area contributed by atoms with E-state index in [4.69, 9.17) is 0 Å². The summed E-state index contributed by atoms with van der Waals surface area (Å²) in [4.78, 5) is 11.6. The van der Waals surface area contributed by atoms with Crippen LogP contribution in [0.4, 0.5) is 0 Å². The normalized spacial score (nSPS) is 33.1. The van der Waals surface area contributed by atoms with Crippen molar-refractivity contribution in [3.8, 4) is 0 Å².